The third-order valence-electron chi connectivity index (χ3n) is 5.09. The molecule has 4 rings (SSSR count). The summed E-state index contributed by atoms with van der Waals surface area (Å²) < 4.78 is 11.2. The number of rotatable bonds is 7. The molecule has 1 aliphatic rings. The Hall–Kier alpha value is -3.51. The van der Waals surface area contributed by atoms with Crippen molar-refractivity contribution in [1.29, 1.82) is 0 Å². The number of ether oxygens (including phenoxy) is 2. The van der Waals surface area contributed by atoms with Crippen LogP contribution in [0.15, 0.2) is 66.7 Å². The van der Waals surface area contributed by atoms with Crippen molar-refractivity contribution >= 4 is 34.8 Å². The van der Waals surface area contributed by atoms with Crippen LogP contribution in [0, 0.1) is 0 Å². The molecule has 0 saturated heterocycles. The highest BCUT2D eigenvalue weighted by atomic mass is 35.5. The van der Waals surface area contributed by atoms with Crippen molar-refractivity contribution in [2.24, 2.45) is 0 Å². The third-order valence-corrected chi connectivity index (χ3v) is 5.33. The van der Waals surface area contributed by atoms with E-state index >= 15 is 0 Å². The summed E-state index contributed by atoms with van der Waals surface area (Å²) in [6.07, 6.45) is 0.894. The monoisotopic (exact) mass is 450 g/mol. The Morgan fingerprint density at radius 2 is 1.91 bits per heavy atom. The Bertz CT molecular complexity index is 1150. The highest BCUT2D eigenvalue weighted by Gasteiger charge is 2.26. The molecule has 0 saturated carbocycles. The number of fused-ring (bicyclic) bond motifs is 1. The number of halogens is 1. The summed E-state index contributed by atoms with van der Waals surface area (Å²) in [5, 5.41) is 3.43. The largest absolute Gasteiger partial charge is 0.484 e. The van der Waals surface area contributed by atoms with Crippen molar-refractivity contribution in [2.75, 3.05) is 23.4 Å². The maximum atomic E-state index is 12.6. The van der Waals surface area contributed by atoms with Gasteiger partial charge in [0.15, 0.2) is 13.2 Å². The maximum Gasteiger partial charge on any atom is 0.265 e. The molecule has 32 heavy (non-hydrogen) atoms. The minimum Gasteiger partial charge on any atom is -0.484 e. The minimum absolute atomic E-state index is 0.0378. The highest BCUT2D eigenvalue weighted by Crippen LogP contribution is 2.35. The van der Waals surface area contributed by atoms with Gasteiger partial charge in [-0.05, 0) is 60.0 Å². The predicted molar refractivity (Wildman–Crippen MR) is 125 cm³/mol. The second-order valence-corrected chi connectivity index (χ2v) is 7.86. The quantitative estimate of drug-likeness (QED) is 0.559. The lowest BCUT2D eigenvalue weighted by Gasteiger charge is -2.30. The molecular formula is C25H23ClN2O4. The van der Waals surface area contributed by atoms with Crippen molar-refractivity contribution in [3.63, 3.8) is 0 Å². The van der Waals surface area contributed by atoms with Gasteiger partial charge in [-0.1, -0.05) is 42.8 Å². The van der Waals surface area contributed by atoms with E-state index in [1.165, 1.54) is 0 Å². The van der Waals surface area contributed by atoms with Gasteiger partial charge in [-0.15, -0.1) is 0 Å². The lowest BCUT2D eigenvalue weighted by atomic mass is 10.1. The molecule has 6 nitrogen and oxygen atoms in total. The van der Waals surface area contributed by atoms with E-state index in [1.807, 2.05) is 42.5 Å². The molecule has 0 fully saturated rings. The van der Waals surface area contributed by atoms with Crippen LogP contribution in [0.25, 0.3) is 0 Å². The van der Waals surface area contributed by atoms with Gasteiger partial charge in [-0.2, -0.15) is 0 Å². The summed E-state index contributed by atoms with van der Waals surface area (Å²) in [4.78, 5) is 26.6. The van der Waals surface area contributed by atoms with E-state index < -0.39 is 0 Å². The summed E-state index contributed by atoms with van der Waals surface area (Å²) >= 11 is 6.09. The van der Waals surface area contributed by atoms with E-state index in [9.17, 15) is 9.59 Å². The van der Waals surface area contributed by atoms with Crippen LogP contribution in [0.1, 0.15) is 18.1 Å². The minimum atomic E-state index is -0.295. The van der Waals surface area contributed by atoms with Gasteiger partial charge in [0.25, 0.3) is 11.8 Å². The zero-order valence-electron chi connectivity index (χ0n) is 17.6. The van der Waals surface area contributed by atoms with Crippen LogP contribution >= 0.6 is 11.6 Å². The molecule has 0 radical (unpaired) electrons. The van der Waals surface area contributed by atoms with E-state index in [1.54, 1.807) is 29.2 Å². The summed E-state index contributed by atoms with van der Waals surface area (Å²) in [7, 11) is 0. The fourth-order valence-electron chi connectivity index (χ4n) is 3.47. The first-order valence-corrected chi connectivity index (χ1v) is 10.7. The summed E-state index contributed by atoms with van der Waals surface area (Å²) in [6, 6.07) is 20.2. The zero-order valence-corrected chi connectivity index (χ0v) is 18.4. The first kappa shape index (κ1) is 21.7. The fraction of sp³-hybridized carbons (Fsp3) is 0.200. The smallest absolute Gasteiger partial charge is 0.265 e. The fourth-order valence-corrected chi connectivity index (χ4v) is 3.69. The Kier molecular flexibility index (Phi) is 6.61. The molecule has 1 aliphatic heterocycles. The summed E-state index contributed by atoms with van der Waals surface area (Å²) in [6.45, 7) is 2.26. The average molecular weight is 451 g/mol. The van der Waals surface area contributed by atoms with E-state index in [0.29, 0.717) is 34.4 Å². The van der Waals surface area contributed by atoms with Gasteiger partial charge in [-0.3, -0.25) is 9.59 Å². The van der Waals surface area contributed by atoms with Gasteiger partial charge in [-0.25, -0.2) is 0 Å². The zero-order chi connectivity index (χ0) is 22.5. The van der Waals surface area contributed by atoms with Gasteiger partial charge in [0.2, 0.25) is 0 Å². The molecular weight excluding hydrogens is 428 g/mol. The van der Waals surface area contributed by atoms with Crippen LogP contribution in [-0.4, -0.2) is 25.0 Å². The van der Waals surface area contributed by atoms with Crippen molar-refractivity contribution in [2.45, 2.75) is 19.9 Å². The maximum absolute atomic E-state index is 12.6. The van der Waals surface area contributed by atoms with E-state index in [0.717, 1.165) is 17.5 Å². The first-order valence-electron chi connectivity index (χ1n) is 10.3. The van der Waals surface area contributed by atoms with Crippen LogP contribution < -0.4 is 19.7 Å². The third kappa shape index (κ3) is 5.21. The summed E-state index contributed by atoms with van der Waals surface area (Å²) in [5.41, 5.74) is 3.18. The first-order chi connectivity index (χ1) is 15.5. The van der Waals surface area contributed by atoms with Crippen LogP contribution in [0.5, 0.6) is 11.5 Å². The lowest BCUT2D eigenvalue weighted by Crippen LogP contribution is -2.38. The topological polar surface area (TPSA) is 67.9 Å². The Morgan fingerprint density at radius 3 is 2.72 bits per heavy atom. The number of hydrogen-bond acceptors (Lipinski definition) is 4. The molecule has 164 valence electrons. The molecule has 2 amide bonds. The average Bonchev–Trinajstić information content (AvgIpc) is 2.80. The highest BCUT2D eigenvalue weighted by molar-refractivity contribution is 6.30. The molecule has 0 aliphatic carbocycles. The number of nitrogens with one attached hydrogen (secondary N) is 1. The molecule has 0 unspecified atom stereocenters. The van der Waals surface area contributed by atoms with Crippen LogP contribution in [-0.2, 0) is 22.6 Å². The Labute approximate surface area is 191 Å². The number of benzene rings is 3. The SMILES string of the molecule is CCc1cccc(OCC(=O)Nc2ccc3c(c2)N(Cc2cccc(Cl)c2)C(=O)CO3)c1. The number of carbonyl (C=O) groups excluding carboxylic acids is 2. The summed E-state index contributed by atoms with van der Waals surface area (Å²) in [5.74, 6) is 0.769. The van der Waals surface area contributed by atoms with E-state index in [-0.39, 0.29) is 25.0 Å². The van der Waals surface area contributed by atoms with Crippen LogP contribution in [0.4, 0.5) is 11.4 Å². The second-order valence-electron chi connectivity index (χ2n) is 7.42. The molecule has 1 N–H and O–H groups in total. The number of hydrogen-bond donors (Lipinski definition) is 1. The van der Waals surface area contributed by atoms with E-state index in [4.69, 9.17) is 21.1 Å². The molecule has 0 atom stereocenters. The second kappa shape index (κ2) is 9.75. The van der Waals surface area contributed by atoms with Gasteiger partial charge in [0.05, 0.1) is 12.2 Å². The normalized spacial score (nSPS) is 12.7. The molecule has 3 aromatic rings. The molecule has 1 heterocycles. The standard InChI is InChI=1S/C25H23ClN2O4/c1-2-17-5-4-8-21(12-17)31-15-24(29)27-20-9-10-23-22(13-20)28(25(30)16-32-23)14-18-6-3-7-19(26)11-18/h3-13H,2,14-16H2,1H3,(H,27,29). The van der Waals surface area contributed by atoms with Crippen molar-refractivity contribution < 1.29 is 19.1 Å². The van der Waals surface area contributed by atoms with Gasteiger partial charge < -0.3 is 19.7 Å². The number of carbonyl (C=O) groups is 2. The number of anilines is 2. The molecule has 0 spiro atoms. The van der Waals surface area contributed by atoms with E-state index in [2.05, 4.69) is 12.2 Å². The number of aryl methyl sites for hydroxylation is 1. The van der Waals surface area contributed by atoms with Crippen LogP contribution in [0.2, 0.25) is 5.02 Å². The number of amides is 2. The lowest BCUT2D eigenvalue weighted by molar-refractivity contribution is -0.121. The van der Waals surface area contributed by atoms with Crippen LogP contribution in [0.3, 0.4) is 0 Å². The molecule has 0 bridgehead atoms. The van der Waals surface area contributed by atoms with Gasteiger partial charge >= 0.3 is 0 Å². The molecule has 0 aromatic heterocycles. The Morgan fingerprint density at radius 1 is 1.09 bits per heavy atom. The van der Waals surface area contributed by atoms with Crippen molar-refractivity contribution in [3.05, 3.63) is 82.9 Å². The Balaban J connectivity index is 1.46. The van der Waals surface area contributed by atoms with Gasteiger partial charge in [0, 0.05) is 10.7 Å². The molecule has 7 heteroatoms. The number of nitrogens with zero attached hydrogens (tertiary/aromatic N) is 1. The predicted octanol–water partition coefficient (Wildman–Crippen LogP) is 4.85. The molecule has 3 aromatic carbocycles. The van der Waals surface area contributed by atoms with Crippen molar-refractivity contribution in [1.82, 2.24) is 0 Å². The van der Waals surface area contributed by atoms with Crippen molar-refractivity contribution in [3.8, 4) is 11.5 Å². The van der Waals surface area contributed by atoms with Gasteiger partial charge in [0.1, 0.15) is 11.5 Å².